The Hall–Kier alpha value is -3.22. The molecule has 0 bridgehead atoms. The van der Waals surface area contributed by atoms with Crippen LogP contribution in [0.3, 0.4) is 0 Å². The molecule has 0 atom stereocenters. The molecule has 24 heavy (non-hydrogen) atoms. The first-order valence-corrected chi connectivity index (χ1v) is 7.53. The van der Waals surface area contributed by atoms with Crippen molar-refractivity contribution in [1.82, 2.24) is 15.0 Å². The van der Waals surface area contributed by atoms with Crippen molar-refractivity contribution < 1.29 is 9.53 Å². The van der Waals surface area contributed by atoms with Crippen molar-refractivity contribution in [1.29, 1.82) is 0 Å². The standard InChI is InChI=1S/C17H17N5O2/c1-12(23)21-13-3-2-4-14(11-13)24-10-9-19-16-6-5-15-17(22-16)20-8-7-18-15/h2-8,11H,9-10H2,1H3,(H,21,23)(H,19,20,22). The van der Waals surface area contributed by atoms with Crippen LogP contribution in [0, 0.1) is 0 Å². The Labute approximate surface area is 139 Å². The maximum atomic E-state index is 11.1. The molecule has 122 valence electrons. The second-order valence-corrected chi connectivity index (χ2v) is 5.08. The maximum absolute atomic E-state index is 11.1. The minimum atomic E-state index is -0.112. The van der Waals surface area contributed by atoms with Gasteiger partial charge in [0.1, 0.15) is 23.7 Å². The molecular weight excluding hydrogens is 306 g/mol. The lowest BCUT2D eigenvalue weighted by atomic mass is 10.3. The second kappa shape index (κ2) is 7.36. The van der Waals surface area contributed by atoms with E-state index in [-0.39, 0.29) is 5.91 Å². The first-order chi connectivity index (χ1) is 11.7. The van der Waals surface area contributed by atoms with Crippen molar-refractivity contribution >= 4 is 28.6 Å². The molecule has 0 spiro atoms. The van der Waals surface area contributed by atoms with Crippen molar-refractivity contribution in [2.45, 2.75) is 6.92 Å². The Balaban J connectivity index is 1.52. The highest BCUT2D eigenvalue weighted by molar-refractivity contribution is 5.88. The van der Waals surface area contributed by atoms with E-state index in [1.165, 1.54) is 6.92 Å². The minimum Gasteiger partial charge on any atom is -0.492 e. The SMILES string of the molecule is CC(=O)Nc1cccc(OCCNc2ccc3nccnc3n2)c1. The summed E-state index contributed by atoms with van der Waals surface area (Å²) in [5.41, 5.74) is 2.07. The van der Waals surface area contributed by atoms with Crippen LogP contribution in [-0.4, -0.2) is 34.0 Å². The van der Waals surface area contributed by atoms with Gasteiger partial charge >= 0.3 is 0 Å². The molecule has 7 nitrogen and oxygen atoms in total. The van der Waals surface area contributed by atoms with Crippen molar-refractivity contribution in [2.24, 2.45) is 0 Å². The lowest BCUT2D eigenvalue weighted by Gasteiger charge is -2.09. The summed E-state index contributed by atoms with van der Waals surface area (Å²) >= 11 is 0. The number of benzene rings is 1. The monoisotopic (exact) mass is 323 g/mol. The molecule has 0 saturated heterocycles. The Morgan fingerprint density at radius 2 is 2.04 bits per heavy atom. The first-order valence-electron chi connectivity index (χ1n) is 7.53. The van der Waals surface area contributed by atoms with Crippen LogP contribution in [0.25, 0.3) is 11.2 Å². The largest absolute Gasteiger partial charge is 0.492 e. The molecule has 2 aromatic heterocycles. The number of pyridine rings is 1. The average molecular weight is 323 g/mol. The third kappa shape index (κ3) is 4.16. The molecule has 3 aromatic rings. The quantitative estimate of drug-likeness (QED) is 0.677. The van der Waals surface area contributed by atoms with Crippen LogP contribution < -0.4 is 15.4 Å². The van der Waals surface area contributed by atoms with E-state index in [0.717, 1.165) is 11.3 Å². The minimum absolute atomic E-state index is 0.112. The van der Waals surface area contributed by atoms with Crippen LogP contribution in [-0.2, 0) is 4.79 Å². The summed E-state index contributed by atoms with van der Waals surface area (Å²) in [6.07, 6.45) is 3.25. The average Bonchev–Trinajstić information content (AvgIpc) is 2.58. The zero-order chi connectivity index (χ0) is 16.8. The fourth-order valence-corrected chi connectivity index (χ4v) is 2.17. The van der Waals surface area contributed by atoms with Crippen molar-refractivity contribution in [3.8, 4) is 5.75 Å². The number of hydrogen-bond acceptors (Lipinski definition) is 6. The van der Waals surface area contributed by atoms with Gasteiger partial charge in [0, 0.05) is 31.1 Å². The van der Waals surface area contributed by atoms with E-state index in [2.05, 4.69) is 25.6 Å². The highest BCUT2D eigenvalue weighted by Crippen LogP contribution is 2.17. The van der Waals surface area contributed by atoms with Gasteiger partial charge in [0.2, 0.25) is 5.91 Å². The molecule has 0 aliphatic rings. The number of anilines is 2. The van der Waals surface area contributed by atoms with Crippen LogP contribution in [0.1, 0.15) is 6.92 Å². The number of nitrogens with one attached hydrogen (secondary N) is 2. The highest BCUT2D eigenvalue weighted by Gasteiger charge is 2.01. The number of aromatic nitrogens is 3. The van der Waals surface area contributed by atoms with Gasteiger partial charge in [-0.25, -0.2) is 9.97 Å². The normalized spacial score (nSPS) is 10.4. The number of fused-ring (bicyclic) bond motifs is 1. The Morgan fingerprint density at radius 1 is 1.17 bits per heavy atom. The number of amides is 1. The van der Waals surface area contributed by atoms with Crippen molar-refractivity contribution in [3.63, 3.8) is 0 Å². The number of ether oxygens (including phenoxy) is 1. The zero-order valence-corrected chi connectivity index (χ0v) is 13.2. The van der Waals surface area contributed by atoms with Crippen LogP contribution in [0.4, 0.5) is 11.5 Å². The van der Waals surface area contributed by atoms with Crippen LogP contribution in [0.5, 0.6) is 5.75 Å². The van der Waals surface area contributed by atoms with E-state index in [9.17, 15) is 4.79 Å². The van der Waals surface area contributed by atoms with Gasteiger partial charge in [0.25, 0.3) is 0 Å². The van der Waals surface area contributed by atoms with E-state index in [4.69, 9.17) is 4.74 Å². The summed E-state index contributed by atoms with van der Waals surface area (Å²) < 4.78 is 5.67. The summed E-state index contributed by atoms with van der Waals surface area (Å²) in [5, 5.41) is 5.90. The molecule has 1 aromatic carbocycles. The number of rotatable bonds is 6. The Morgan fingerprint density at radius 3 is 2.92 bits per heavy atom. The summed E-state index contributed by atoms with van der Waals surface area (Å²) in [4.78, 5) is 23.8. The summed E-state index contributed by atoms with van der Waals surface area (Å²) in [5.74, 6) is 1.30. The number of carbonyl (C=O) groups excluding carboxylic acids is 1. The molecule has 0 saturated carbocycles. The lowest BCUT2D eigenvalue weighted by molar-refractivity contribution is -0.114. The third-order valence-corrected chi connectivity index (χ3v) is 3.16. The molecule has 0 fully saturated rings. The van der Waals surface area contributed by atoms with E-state index in [1.54, 1.807) is 18.5 Å². The van der Waals surface area contributed by atoms with Crippen LogP contribution >= 0.6 is 0 Å². The van der Waals surface area contributed by atoms with Crippen LogP contribution in [0.15, 0.2) is 48.8 Å². The predicted molar refractivity (Wildman–Crippen MR) is 92.1 cm³/mol. The van der Waals surface area contributed by atoms with E-state index < -0.39 is 0 Å². The second-order valence-electron chi connectivity index (χ2n) is 5.08. The molecule has 2 N–H and O–H groups in total. The molecule has 0 aliphatic heterocycles. The van der Waals surface area contributed by atoms with Gasteiger partial charge in [-0.15, -0.1) is 0 Å². The number of nitrogens with zero attached hydrogens (tertiary/aromatic N) is 3. The molecule has 0 radical (unpaired) electrons. The fraction of sp³-hybridized carbons (Fsp3) is 0.176. The third-order valence-electron chi connectivity index (χ3n) is 3.16. The molecule has 3 rings (SSSR count). The highest BCUT2D eigenvalue weighted by atomic mass is 16.5. The van der Waals surface area contributed by atoms with Gasteiger partial charge in [-0.1, -0.05) is 6.07 Å². The van der Waals surface area contributed by atoms with Gasteiger partial charge in [-0.05, 0) is 24.3 Å². The number of carbonyl (C=O) groups is 1. The molecule has 7 heteroatoms. The summed E-state index contributed by atoms with van der Waals surface area (Å²) in [6, 6.07) is 11.0. The summed E-state index contributed by atoms with van der Waals surface area (Å²) in [7, 11) is 0. The van der Waals surface area contributed by atoms with E-state index >= 15 is 0 Å². The topological polar surface area (TPSA) is 89.0 Å². The maximum Gasteiger partial charge on any atom is 0.221 e. The van der Waals surface area contributed by atoms with Gasteiger partial charge in [-0.2, -0.15) is 0 Å². The molecule has 1 amide bonds. The zero-order valence-electron chi connectivity index (χ0n) is 13.2. The first kappa shape index (κ1) is 15.7. The Bertz CT molecular complexity index is 853. The molecule has 2 heterocycles. The van der Waals surface area contributed by atoms with Gasteiger partial charge < -0.3 is 15.4 Å². The Kier molecular flexibility index (Phi) is 4.81. The fourth-order valence-electron chi connectivity index (χ4n) is 2.17. The van der Waals surface area contributed by atoms with Gasteiger partial charge in [0.15, 0.2) is 5.65 Å². The van der Waals surface area contributed by atoms with E-state index in [0.29, 0.717) is 30.2 Å². The van der Waals surface area contributed by atoms with Gasteiger partial charge in [0.05, 0.1) is 6.54 Å². The van der Waals surface area contributed by atoms with Crippen molar-refractivity contribution in [2.75, 3.05) is 23.8 Å². The number of hydrogen-bond donors (Lipinski definition) is 2. The van der Waals surface area contributed by atoms with Gasteiger partial charge in [-0.3, -0.25) is 9.78 Å². The van der Waals surface area contributed by atoms with Crippen molar-refractivity contribution in [3.05, 3.63) is 48.8 Å². The predicted octanol–water partition coefficient (Wildman–Crippen LogP) is 2.47. The molecular formula is C17H17N5O2. The molecule has 0 aliphatic carbocycles. The van der Waals surface area contributed by atoms with Crippen LogP contribution in [0.2, 0.25) is 0 Å². The molecule has 0 unspecified atom stereocenters. The van der Waals surface area contributed by atoms with E-state index in [1.807, 2.05) is 30.3 Å². The lowest BCUT2D eigenvalue weighted by Crippen LogP contribution is -2.12. The smallest absolute Gasteiger partial charge is 0.221 e. The summed E-state index contributed by atoms with van der Waals surface area (Å²) in [6.45, 7) is 2.52.